The van der Waals surface area contributed by atoms with E-state index >= 15 is 0 Å². The highest BCUT2D eigenvalue weighted by molar-refractivity contribution is 5.91. The molecular weight excluding hydrogens is 458 g/mol. The maximum atomic E-state index is 13.0. The van der Waals surface area contributed by atoms with Crippen molar-refractivity contribution in [2.45, 2.75) is 57.8 Å². The van der Waals surface area contributed by atoms with E-state index in [-0.39, 0.29) is 30.1 Å². The van der Waals surface area contributed by atoms with Gasteiger partial charge < -0.3 is 19.3 Å². The second-order valence-electron chi connectivity index (χ2n) is 9.81. The molecule has 3 heterocycles. The molecule has 0 unspecified atom stereocenters. The summed E-state index contributed by atoms with van der Waals surface area (Å²) in [6.07, 6.45) is 3.27. The first kappa shape index (κ1) is 24.2. The van der Waals surface area contributed by atoms with Crippen LogP contribution < -0.4 is 9.64 Å². The Bertz CT molecular complexity index is 1100. The van der Waals surface area contributed by atoms with Gasteiger partial charge in [0.25, 0.3) is 0 Å². The first-order valence-electron chi connectivity index (χ1n) is 12.8. The second kappa shape index (κ2) is 10.6. The van der Waals surface area contributed by atoms with Gasteiger partial charge in [0.05, 0.1) is 12.1 Å². The first-order chi connectivity index (χ1) is 17.5. The minimum Gasteiger partial charge on any atom is -0.490 e. The van der Waals surface area contributed by atoms with Crippen LogP contribution in [0.2, 0.25) is 0 Å². The Labute approximate surface area is 211 Å². The van der Waals surface area contributed by atoms with Crippen molar-refractivity contribution in [1.82, 2.24) is 9.80 Å². The molecule has 0 saturated carbocycles. The lowest BCUT2D eigenvalue weighted by Gasteiger charge is -2.40. The van der Waals surface area contributed by atoms with Crippen LogP contribution in [0.5, 0.6) is 5.75 Å². The van der Waals surface area contributed by atoms with Gasteiger partial charge in [0.2, 0.25) is 11.8 Å². The number of anilines is 1. The number of nitrogens with zero attached hydrogens (tertiary/aromatic N) is 3. The lowest BCUT2D eigenvalue weighted by molar-refractivity contribution is -0.132. The molecule has 0 bridgehead atoms. The molecular formula is C28H33N3O5. The molecule has 0 atom stereocenters. The number of carbonyl (C=O) groups is 3. The highest BCUT2D eigenvalue weighted by Crippen LogP contribution is 2.32. The molecule has 5 rings (SSSR count). The lowest BCUT2D eigenvalue weighted by Crippen LogP contribution is -2.50. The number of carbonyl (C=O) groups excluding carboxylic acids is 3. The summed E-state index contributed by atoms with van der Waals surface area (Å²) < 4.78 is 11.5. The zero-order chi connectivity index (χ0) is 25.1. The number of piperidine rings is 2. The van der Waals surface area contributed by atoms with E-state index in [0.717, 1.165) is 61.3 Å². The van der Waals surface area contributed by atoms with Gasteiger partial charge in [-0.3, -0.25) is 14.5 Å². The number of para-hydroxylation sites is 1. The van der Waals surface area contributed by atoms with Crippen LogP contribution in [-0.4, -0.2) is 66.0 Å². The molecule has 36 heavy (non-hydrogen) atoms. The van der Waals surface area contributed by atoms with E-state index in [1.54, 1.807) is 11.8 Å². The molecule has 0 N–H and O–H groups in total. The molecule has 2 aromatic rings. The Hall–Kier alpha value is -3.55. The van der Waals surface area contributed by atoms with Crippen LogP contribution in [0.3, 0.4) is 0 Å². The van der Waals surface area contributed by atoms with Crippen molar-refractivity contribution in [2.75, 3.05) is 31.1 Å². The van der Waals surface area contributed by atoms with Gasteiger partial charge in [-0.2, -0.15) is 0 Å². The van der Waals surface area contributed by atoms with E-state index in [9.17, 15) is 14.4 Å². The van der Waals surface area contributed by atoms with E-state index in [1.807, 2.05) is 58.3 Å². The molecule has 190 valence electrons. The van der Waals surface area contributed by atoms with Crippen LogP contribution in [0.4, 0.5) is 10.5 Å². The average molecular weight is 492 g/mol. The summed E-state index contributed by atoms with van der Waals surface area (Å²) in [5.41, 5.74) is 2.89. The molecule has 0 aliphatic carbocycles. The number of benzene rings is 2. The smallest absolute Gasteiger partial charge is 0.414 e. The third kappa shape index (κ3) is 5.32. The molecule has 0 radical (unpaired) electrons. The number of fused-ring (bicyclic) bond motifs is 1. The molecule has 2 aromatic carbocycles. The maximum Gasteiger partial charge on any atom is 0.414 e. The van der Waals surface area contributed by atoms with Gasteiger partial charge >= 0.3 is 6.09 Å². The van der Waals surface area contributed by atoms with Gasteiger partial charge in [-0.1, -0.05) is 30.3 Å². The molecule has 0 aromatic heterocycles. The number of likely N-dealkylation sites (tertiary alicyclic amines) is 2. The van der Waals surface area contributed by atoms with Crippen LogP contribution in [0.15, 0.2) is 48.5 Å². The zero-order valence-corrected chi connectivity index (χ0v) is 20.7. The Morgan fingerprint density at radius 3 is 2.28 bits per heavy atom. The fourth-order valence-corrected chi connectivity index (χ4v) is 5.35. The second-order valence-corrected chi connectivity index (χ2v) is 9.81. The third-order valence-electron chi connectivity index (χ3n) is 7.45. The van der Waals surface area contributed by atoms with Gasteiger partial charge in [-0.05, 0) is 36.6 Å². The standard InChI is InChI=1S/C28H33N3O5/c1-20(32)29-16-12-25(13-17-29)36-24-8-6-21(7-9-24)18-27(33)30-14-10-23(11-15-30)31-26-5-3-2-4-22(26)19-35-28(31)34/h2-9,23,25H,10-19H2,1H3. The fourth-order valence-electron chi connectivity index (χ4n) is 5.35. The number of rotatable bonds is 5. The van der Waals surface area contributed by atoms with Gasteiger partial charge in [-0.25, -0.2) is 4.79 Å². The molecule has 8 nitrogen and oxygen atoms in total. The summed E-state index contributed by atoms with van der Waals surface area (Å²) in [6, 6.07) is 15.6. The summed E-state index contributed by atoms with van der Waals surface area (Å²) in [4.78, 5) is 42.5. The van der Waals surface area contributed by atoms with Crippen LogP contribution in [0, 0.1) is 0 Å². The van der Waals surface area contributed by atoms with Gasteiger partial charge in [0, 0.05) is 57.5 Å². The summed E-state index contributed by atoms with van der Waals surface area (Å²) in [5.74, 6) is 1.01. The SMILES string of the molecule is CC(=O)N1CCC(Oc2ccc(CC(=O)N3CCC(N4C(=O)OCc5ccccc54)CC3)cc2)CC1. The number of amides is 3. The highest BCUT2D eigenvalue weighted by atomic mass is 16.6. The van der Waals surface area contributed by atoms with Crippen molar-refractivity contribution < 1.29 is 23.9 Å². The van der Waals surface area contributed by atoms with Crippen LogP contribution in [-0.2, 0) is 27.4 Å². The number of hydrogen-bond donors (Lipinski definition) is 0. The van der Waals surface area contributed by atoms with Crippen LogP contribution in [0.1, 0.15) is 43.7 Å². The predicted molar refractivity (Wildman–Crippen MR) is 135 cm³/mol. The molecule has 2 fully saturated rings. The Morgan fingerprint density at radius 2 is 1.58 bits per heavy atom. The van der Waals surface area contributed by atoms with Crippen molar-refractivity contribution in [2.24, 2.45) is 0 Å². The van der Waals surface area contributed by atoms with Crippen molar-refractivity contribution in [3.63, 3.8) is 0 Å². The fraction of sp³-hybridized carbons (Fsp3) is 0.464. The third-order valence-corrected chi connectivity index (χ3v) is 7.45. The number of ether oxygens (including phenoxy) is 2. The van der Waals surface area contributed by atoms with Crippen LogP contribution in [0.25, 0.3) is 0 Å². The molecule has 0 spiro atoms. The van der Waals surface area contributed by atoms with Crippen molar-refractivity contribution in [3.8, 4) is 5.75 Å². The van der Waals surface area contributed by atoms with E-state index in [0.29, 0.717) is 26.1 Å². The largest absolute Gasteiger partial charge is 0.490 e. The molecule has 3 aliphatic heterocycles. The Balaban J connectivity index is 1.11. The van der Waals surface area contributed by atoms with Crippen molar-refractivity contribution in [3.05, 3.63) is 59.7 Å². The Kier molecular flexibility index (Phi) is 7.11. The average Bonchev–Trinajstić information content (AvgIpc) is 2.90. The maximum absolute atomic E-state index is 13.0. The molecule has 3 aliphatic rings. The molecule has 2 saturated heterocycles. The summed E-state index contributed by atoms with van der Waals surface area (Å²) in [6.45, 7) is 4.62. The van der Waals surface area contributed by atoms with E-state index < -0.39 is 0 Å². The summed E-state index contributed by atoms with van der Waals surface area (Å²) in [5, 5.41) is 0. The topological polar surface area (TPSA) is 79.4 Å². The quantitative estimate of drug-likeness (QED) is 0.636. The number of cyclic esters (lactones) is 1. The molecule has 3 amide bonds. The highest BCUT2D eigenvalue weighted by Gasteiger charge is 2.35. The minimum absolute atomic E-state index is 0.0294. The van der Waals surface area contributed by atoms with E-state index in [2.05, 4.69) is 0 Å². The summed E-state index contributed by atoms with van der Waals surface area (Å²) in [7, 11) is 0. The van der Waals surface area contributed by atoms with Gasteiger partial charge in [0.15, 0.2) is 0 Å². The normalized spacial score (nSPS) is 19.0. The van der Waals surface area contributed by atoms with Gasteiger partial charge in [-0.15, -0.1) is 0 Å². The van der Waals surface area contributed by atoms with Crippen molar-refractivity contribution in [1.29, 1.82) is 0 Å². The zero-order valence-electron chi connectivity index (χ0n) is 20.7. The van der Waals surface area contributed by atoms with Crippen molar-refractivity contribution >= 4 is 23.6 Å². The lowest BCUT2D eigenvalue weighted by atomic mass is 10.00. The predicted octanol–water partition coefficient (Wildman–Crippen LogP) is 3.77. The van der Waals surface area contributed by atoms with E-state index in [1.165, 1.54) is 0 Å². The summed E-state index contributed by atoms with van der Waals surface area (Å²) >= 11 is 0. The minimum atomic E-state index is -0.301. The number of hydrogen-bond acceptors (Lipinski definition) is 5. The molecule has 8 heteroatoms. The first-order valence-corrected chi connectivity index (χ1v) is 12.8. The van der Waals surface area contributed by atoms with Crippen LogP contribution >= 0.6 is 0 Å². The Morgan fingerprint density at radius 1 is 0.917 bits per heavy atom. The van der Waals surface area contributed by atoms with Gasteiger partial charge in [0.1, 0.15) is 18.5 Å². The monoisotopic (exact) mass is 491 g/mol. The van der Waals surface area contributed by atoms with E-state index in [4.69, 9.17) is 9.47 Å².